The topological polar surface area (TPSA) is 67.2 Å². The predicted molar refractivity (Wildman–Crippen MR) is 66.1 cm³/mol. The lowest BCUT2D eigenvalue weighted by atomic mass is 9.84. The Morgan fingerprint density at radius 2 is 2.12 bits per heavy atom. The Bertz CT molecular complexity index is 208. The van der Waals surface area contributed by atoms with Crippen LogP contribution in [0.2, 0.25) is 0 Å². The van der Waals surface area contributed by atoms with E-state index < -0.39 is 0 Å². The Hall–Kier alpha value is -0.610. The molecule has 1 aliphatic rings. The van der Waals surface area contributed by atoms with E-state index in [1.54, 1.807) is 0 Å². The van der Waals surface area contributed by atoms with Gasteiger partial charge in [0.2, 0.25) is 5.91 Å². The summed E-state index contributed by atoms with van der Waals surface area (Å²) in [6.07, 6.45) is 6.26. The van der Waals surface area contributed by atoms with E-state index in [1.165, 1.54) is 12.8 Å². The van der Waals surface area contributed by atoms with E-state index in [9.17, 15) is 4.79 Å². The summed E-state index contributed by atoms with van der Waals surface area (Å²) in [5.74, 6) is 0.669. The van der Waals surface area contributed by atoms with Crippen molar-refractivity contribution in [2.45, 2.75) is 44.6 Å². The SMILES string of the molecule is CNCCCC(=O)NC1CCCCC1CN. The van der Waals surface area contributed by atoms with Crippen molar-refractivity contribution in [1.29, 1.82) is 0 Å². The van der Waals surface area contributed by atoms with E-state index in [0.717, 1.165) is 25.8 Å². The van der Waals surface area contributed by atoms with Crippen molar-refractivity contribution in [1.82, 2.24) is 10.6 Å². The maximum absolute atomic E-state index is 11.7. The van der Waals surface area contributed by atoms with Crippen molar-refractivity contribution in [3.05, 3.63) is 0 Å². The Balaban J connectivity index is 2.25. The van der Waals surface area contributed by atoms with Crippen LogP contribution in [0, 0.1) is 5.92 Å². The van der Waals surface area contributed by atoms with Crippen LogP contribution in [0.3, 0.4) is 0 Å². The average molecular weight is 227 g/mol. The maximum atomic E-state index is 11.7. The number of nitrogens with one attached hydrogen (secondary N) is 2. The molecule has 0 aromatic heterocycles. The van der Waals surface area contributed by atoms with Gasteiger partial charge in [-0.2, -0.15) is 0 Å². The highest BCUT2D eigenvalue weighted by molar-refractivity contribution is 5.76. The van der Waals surface area contributed by atoms with E-state index in [0.29, 0.717) is 24.9 Å². The van der Waals surface area contributed by atoms with Gasteiger partial charge in [0, 0.05) is 12.5 Å². The van der Waals surface area contributed by atoms with E-state index in [4.69, 9.17) is 5.73 Å². The molecule has 0 aromatic rings. The molecule has 0 saturated heterocycles. The van der Waals surface area contributed by atoms with Crippen molar-refractivity contribution in [3.8, 4) is 0 Å². The second-order valence-corrected chi connectivity index (χ2v) is 4.66. The van der Waals surface area contributed by atoms with Crippen LogP contribution in [0.1, 0.15) is 38.5 Å². The van der Waals surface area contributed by atoms with Crippen LogP contribution in [0.15, 0.2) is 0 Å². The third kappa shape index (κ3) is 4.49. The van der Waals surface area contributed by atoms with Crippen molar-refractivity contribution in [2.24, 2.45) is 11.7 Å². The molecule has 4 heteroatoms. The van der Waals surface area contributed by atoms with Crippen LogP contribution in [-0.2, 0) is 4.79 Å². The van der Waals surface area contributed by atoms with E-state index in [2.05, 4.69) is 10.6 Å². The molecule has 1 saturated carbocycles. The highest BCUT2D eigenvalue weighted by atomic mass is 16.1. The molecular weight excluding hydrogens is 202 g/mol. The molecule has 16 heavy (non-hydrogen) atoms. The molecule has 1 amide bonds. The predicted octanol–water partition coefficient (Wildman–Crippen LogP) is 0.620. The van der Waals surface area contributed by atoms with E-state index in [1.807, 2.05) is 7.05 Å². The fourth-order valence-corrected chi connectivity index (χ4v) is 2.38. The fraction of sp³-hybridized carbons (Fsp3) is 0.917. The minimum Gasteiger partial charge on any atom is -0.353 e. The van der Waals surface area contributed by atoms with E-state index in [-0.39, 0.29) is 5.91 Å². The normalized spacial score (nSPS) is 25.4. The summed E-state index contributed by atoms with van der Waals surface area (Å²) in [5, 5.41) is 6.18. The van der Waals surface area contributed by atoms with Crippen LogP contribution in [0.5, 0.6) is 0 Å². The number of hydrogen-bond acceptors (Lipinski definition) is 3. The summed E-state index contributed by atoms with van der Waals surface area (Å²) in [6, 6.07) is 0.320. The summed E-state index contributed by atoms with van der Waals surface area (Å²) in [6.45, 7) is 1.60. The molecule has 4 nitrogen and oxygen atoms in total. The van der Waals surface area contributed by atoms with Crippen LogP contribution in [0.25, 0.3) is 0 Å². The van der Waals surface area contributed by atoms with Crippen molar-refractivity contribution in [3.63, 3.8) is 0 Å². The van der Waals surface area contributed by atoms with Crippen LogP contribution >= 0.6 is 0 Å². The first-order chi connectivity index (χ1) is 7.77. The zero-order chi connectivity index (χ0) is 11.8. The Morgan fingerprint density at radius 3 is 2.81 bits per heavy atom. The second-order valence-electron chi connectivity index (χ2n) is 4.66. The molecule has 1 aliphatic carbocycles. The van der Waals surface area contributed by atoms with Gasteiger partial charge in [-0.05, 0) is 45.3 Å². The van der Waals surface area contributed by atoms with Crippen molar-refractivity contribution in [2.75, 3.05) is 20.1 Å². The van der Waals surface area contributed by atoms with Gasteiger partial charge in [0.15, 0.2) is 0 Å². The van der Waals surface area contributed by atoms with Gasteiger partial charge in [0.25, 0.3) is 0 Å². The van der Waals surface area contributed by atoms with E-state index >= 15 is 0 Å². The lowest BCUT2D eigenvalue weighted by Crippen LogP contribution is -2.44. The monoisotopic (exact) mass is 227 g/mol. The molecule has 0 aromatic carbocycles. The number of rotatable bonds is 6. The van der Waals surface area contributed by atoms with Gasteiger partial charge in [-0.15, -0.1) is 0 Å². The maximum Gasteiger partial charge on any atom is 0.220 e. The van der Waals surface area contributed by atoms with Gasteiger partial charge in [-0.1, -0.05) is 12.8 Å². The first-order valence-corrected chi connectivity index (χ1v) is 6.42. The molecule has 1 fully saturated rings. The zero-order valence-corrected chi connectivity index (χ0v) is 10.3. The summed E-state index contributed by atoms with van der Waals surface area (Å²) in [5.41, 5.74) is 5.73. The number of carbonyl (C=O) groups is 1. The van der Waals surface area contributed by atoms with Gasteiger partial charge >= 0.3 is 0 Å². The Labute approximate surface area is 98.3 Å². The van der Waals surface area contributed by atoms with Crippen molar-refractivity contribution >= 4 is 5.91 Å². The number of hydrogen-bond donors (Lipinski definition) is 3. The molecule has 4 N–H and O–H groups in total. The van der Waals surface area contributed by atoms with Gasteiger partial charge < -0.3 is 16.4 Å². The van der Waals surface area contributed by atoms with Gasteiger partial charge in [0.1, 0.15) is 0 Å². The van der Waals surface area contributed by atoms with Gasteiger partial charge in [0.05, 0.1) is 0 Å². The molecular formula is C12H25N3O. The second kappa shape index (κ2) is 7.63. The molecule has 2 atom stereocenters. The molecule has 94 valence electrons. The molecule has 1 rings (SSSR count). The highest BCUT2D eigenvalue weighted by Gasteiger charge is 2.24. The molecule has 2 unspecified atom stereocenters. The largest absolute Gasteiger partial charge is 0.353 e. The first-order valence-electron chi connectivity index (χ1n) is 6.42. The summed E-state index contributed by atoms with van der Waals surface area (Å²) < 4.78 is 0. The molecule has 0 aliphatic heterocycles. The number of carbonyl (C=O) groups excluding carboxylic acids is 1. The van der Waals surface area contributed by atoms with Gasteiger partial charge in [-0.3, -0.25) is 4.79 Å². The molecule has 0 bridgehead atoms. The zero-order valence-electron chi connectivity index (χ0n) is 10.3. The average Bonchev–Trinajstić information content (AvgIpc) is 2.30. The Morgan fingerprint density at radius 1 is 1.38 bits per heavy atom. The molecule has 0 radical (unpaired) electrons. The minimum atomic E-state index is 0.181. The first kappa shape index (κ1) is 13.5. The smallest absolute Gasteiger partial charge is 0.220 e. The van der Waals surface area contributed by atoms with Crippen molar-refractivity contribution < 1.29 is 4.79 Å². The quantitative estimate of drug-likeness (QED) is 0.583. The highest BCUT2D eigenvalue weighted by Crippen LogP contribution is 2.23. The standard InChI is InChI=1S/C12H25N3O/c1-14-8-4-7-12(16)15-11-6-3-2-5-10(11)9-13/h10-11,14H,2-9,13H2,1H3,(H,15,16). The lowest BCUT2D eigenvalue weighted by molar-refractivity contribution is -0.122. The van der Waals surface area contributed by atoms with Crippen LogP contribution < -0.4 is 16.4 Å². The summed E-state index contributed by atoms with van der Waals surface area (Å²) >= 11 is 0. The Kier molecular flexibility index (Phi) is 6.42. The molecule has 0 heterocycles. The third-order valence-corrected chi connectivity index (χ3v) is 3.39. The minimum absolute atomic E-state index is 0.181. The molecule has 0 spiro atoms. The third-order valence-electron chi connectivity index (χ3n) is 3.39. The lowest BCUT2D eigenvalue weighted by Gasteiger charge is -2.31. The fourth-order valence-electron chi connectivity index (χ4n) is 2.38. The number of nitrogens with two attached hydrogens (primary N) is 1. The van der Waals surface area contributed by atoms with Crippen LogP contribution in [-0.4, -0.2) is 32.1 Å². The summed E-state index contributed by atoms with van der Waals surface area (Å²) in [7, 11) is 1.91. The van der Waals surface area contributed by atoms with Crippen LogP contribution in [0.4, 0.5) is 0 Å². The number of amides is 1. The van der Waals surface area contributed by atoms with Gasteiger partial charge in [-0.25, -0.2) is 0 Å². The summed E-state index contributed by atoms with van der Waals surface area (Å²) in [4.78, 5) is 11.7.